The van der Waals surface area contributed by atoms with Crippen molar-refractivity contribution in [3.8, 4) is 0 Å². The van der Waals surface area contributed by atoms with Gasteiger partial charge in [-0.3, -0.25) is 0 Å². The van der Waals surface area contributed by atoms with Crippen LogP contribution in [0.2, 0.25) is 0 Å². The van der Waals surface area contributed by atoms with Crippen LogP contribution >= 0.6 is 0 Å². The number of sulfonamides is 1. The molecule has 2 aromatic rings. The zero-order chi connectivity index (χ0) is 15.6. The molecule has 0 aliphatic heterocycles. The Balaban J connectivity index is 2.15. The van der Waals surface area contributed by atoms with Crippen LogP contribution in [-0.2, 0) is 17.1 Å². The Morgan fingerprint density at radius 3 is 2.62 bits per heavy atom. The average molecular weight is 308 g/mol. The number of nitrogens with one attached hydrogen (secondary N) is 1. The fraction of sp³-hybridized carbons (Fsp3) is 0.333. The highest BCUT2D eigenvalue weighted by molar-refractivity contribution is 7.89. The minimum Gasteiger partial charge on any atom is -0.386 e. The number of aromatic nitrogens is 1. The van der Waals surface area contributed by atoms with E-state index in [-0.39, 0.29) is 11.4 Å². The van der Waals surface area contributed by atoms with Crippen molar-refractivity contribution in [2.45, 2.75) is 24.8 Å². The van der Waals surface area contributed by atoms with Gasteiger partial charge in [-0.15, -0.1) is 0 Å². The molecule has 114 valence electrons. The maximum Gasteiger partial charge on any atom is 0.240 e. The van der Waals surface area contributed by atoms with Crippen LogP contribution in [0.25, 0.3) is 0 Å². The first-order chi connectivity index (χ1) is 9.81. The molecule has 1 heterocycles. The highest BCUT2D eigenvalue weighted by atomic mass is 32.2. The smallest absolute Gasteiger partial charge is 0.240 e. The molecule has 1 unspecified atom stereocenters. The Kier molecular flexibility index (Phi) is 4.51. The number of hydrogen-bond donors (Lipinski definition) is 2. The normalized spacial score (nSPS) is 13.3. The molecule has 1 atom stereocenters. The molecule has 0 spiro atoms. The van der Waals surface area contributed by atoms with E-state index in [0.29, 0.717) is 11.3 Å². The largest absolute Gasteiger partial charge is 0.386 e. The molecule has 0 fully saturated rings. The van der Waals surface area contributed by atoms with E-state index >= 15 is 0 Å². The molecule has 1 aromatic heterocycles. The molecule has 5 nitrogen and oxygen atoms in total. The lowest BCUT2D eigenvalue weighted by Gasteiger charge is -2.14. The van der Waals surface area contributed by atoms with E-state index in [1.165, 1.54) is 0 Å². The molecular formula is C15H20N2O3S. The summed E-state index contributed by atoms with van der Waals surface area (Å²) in [6.45, 7) is 3.53. The van der Waals surface area contributed by atoms with Crippen molar-refractivity contribution in [2.75, 3.05) is 6.54 Å². The Morgan fingerprint density at radius 1 is 1.29 bits per heavy atom. The number of aryl methyl sites for hydroxylation is 3. The molecule has 2 N–H and O–H groups in total. The van der Waals surface area contributed by atoms with Gasteiger partial charge in [0, 0.05) is 25.5 Å². The highest BCUT2D eigenvalue weighted by Gasteiger charge is 2.19. The molecular weight excluding hydrogens is 288 g/mol. The minimum atomic E-state index is -3.63. The lowest BCUT2D eigenvalue weighted by molar-refractivity contribution is 0.173. The van der Waals surface area contributed by atoms with E-state index in [1.807, 2.05) is 13.0 Å². The van der Waals surface area contributed by atoms with Crippen molar-refractivity contribution in [1.82, 2.24) is 9.29 Å². The second-order valence-corrected chi connectivity index (χ2v) is 6.92. The Labute approximate surface area is 125 Å². The molecule has 0 amide bonds. The standard InChI is InChI=1S/C15H20N2O3S/c1-11-6-7-12(2)15(9-11)21(19,20)16-10-14(18)13-5-4-8-17(13)3/h4-9,14,16,18H,10H2,1-3H3. The summed E-state index contributed by atoms with van der Waals surface area (Å²) in [4.78, 5) is 0.251. The van der Waals surface area contributed by atoms with Crippen LogP contribution in [0, 0.1) is 13.8 Å². The van der Waals surface area contributed by atoms with Crippen LogP contribution in [0.5, 0.6) is 0 Å². The summed E-state index contributed by atoms with van der Waals surface area (Å²) < 4.78 is 28.9. The van der Waals surface area contributed by atoms with Gasteiger partial charge in [0.1, 0.15) is 6.10 Å². The van der Waals surface area contributed by atoms with Crippen LogP contribution < -0.4 is 4.72 Å². The highest BCUT2D eigenvalue weighted by Crippen LogP contribution is 2.18. The van der Waals surface area contributed by atoms with Gasteiger partial charge in [0.05, 0.1) is 4.90 Å². The van der Waals surface area contributed by atoms with Crippen LogP contribution in [0.4, 0.5) is 0 Å². The van der Waals surface area contributed by atoms with Crippen molar-refractivity contribution >= 4 is 10.0 Å². The van der Waals surface area contributed by atoms with E-state index in [4.69, 9.17) is 0 Å². The molecule has 0 aliphatic rings. The summed E-state index contributed by atoms with van der Waals surface area (Å²) >= 11 is 0. The second kappa shape index (κ2) is 6.01. The summed E-state index contributed by atoms with van der Waals surface area (Å²) in [5.41, 5.74) is 2.23. The van der Waals surface area contributed by atoms with Crippen molar-refractivity contribution in [3.63, 3.8) is 0 Å². The molecule has 2 rings (SSSR count). The Hall–Kier alpha value is -1.63. The van der Waals surface area contributed by atoms with Gasteiger partial charge in [-0.25, -0.2) is 13.1 Å². The van der Waals surface area contributed by atoms with Gasteiger partial charge in [0.2, 0.25) is 10.0 Å². The van der Waals surface area contributed by atoms with Crippen molar-refractivity contribution < 1.29 is 13.5 Å². The second-order valence-electron chi connectivity index (χ2n) is 5.18. The van der Waals surface area contributed by atoms with Gasteiger partial charge in [0.25, 0.3) is 0 Å². The predicted molar refractivity (Wildman–Crippen MR) is 81.5 cm³/mol. The van der Waals surface area contributed by atoms with Gasteiger partial charge < -0.3 is 9.67 Å². The van der Waals surface area contributed by atoms with Gasteiger partial charge in [-0.1, -0.05) is 12.1 Å². The van der Waals surface area contributed by atoms with Gasteiger partial charge in [0.15, 0.2) is 0 Å². The minimum absolute atomic E-state index is 0.0619. The van der Waals surface area contributed by atoms with Crippen molar-refractivity contribution in [1.29, 1.82) is 0 Å². The number of benzene rings is 1. The van der Waals surface area contributed by atoms with Crippen molar-refractivity contribution in [3.05, 3.63) is 53.3 Å². The number of aliphatic hydroxyl groups excluding tert-OH is 1. The number of nitrogens with zero attached hydrogens (tertiary/aromatic N) is 1. The average Bonchev–Trinajstić information content (AvgIpc) is 2.85. The molecule has 0 bridgehead atoms. The summed E-state index contributed by atoms with van der Waals surface area (Å²) in [5.74, 6) is 0. The van der Waals surface area contributed by atoms with Crippen molar-refractivity contribution in [2.24, 2.45) is 7.05 Å². The number of rotatable bonds is 5. The molecule has 0 aliphatic carbocycles. The van der Waals surface area contributed by atoms with Crippen LogP contribution in [0.15, 0.2) is 41.4 Å². The first-order valence-electron chi connectivity index (χ1n) is 6.67. The van der Waals surface area contributed by atoms with E-state index in [2.05, 4.69) is 4.72 Å². The zero-order valence-corrected chi connectivity index (χ0v) is 13.2. The van der Waals surface area contributed by atoms with Gasteiger partial charge in [-0.2, -0.15) is 0 Å². The first kappa shape index (κ1) is 15.8. The Morgan fingerprint density at radius 2 is 2.00 bits per heavy atom. The maximum absolute atomic E-state index is 12.3. The summed E-state index contributed by atoms with van der Waals surface area (Å²) in [7, 11) is -1.83. The SMILES string of the molecule is Cc1ccc(C)c(S(=O)(=O)NCC(O)c2cccn2C)c1. The van der Waals surface area contributed by atoms with Crippen LogP contribution in [0.1, 0.15) is 22.9 Å². The lowest BCUT2D eigenvalue weighted by Crippen LogP contribution is -2.29. The molecule has 1 aromatic carbocycles. The third kappa shape index (κ3) is 3.53. The molecule has 0 saturated heterocycles. The quantitative estimate of drug-likeness (QED) is 0.882. The van der Waals surface area contributed by atoms with E-state index < -0.39 is 16.1 Å². The molecule has 6 heteroatoms. The van der Waals surface area contributed by atoms with E-state index in [9.17, 15) is 13.5 Å². The van der Waals surface area contributed by atoms with Crippen LogP contribution in [-0.4, -0.2) is 24.6 Å². The summed E-state index contributed by atoms with van der Waals surface area (Å²) in [6, 6.07) is 8.84. The third-order valence-electron chi connectivity index (χ3n) is 3.43. The van der Waals surface area contributed by atoms with E-state index in [1.54, 1.807) is 49.0 Å². The van der Waals surface area contributed by atoms with Crippen LogP contribution in [0.3, 0.4) is 0 Å². The number of aliphatic hydroxyl groups is 1. The fourth-order valence-corrected chi connectivity index (χ4v) is 3.55. The molecule has 21 heavy (non-hydrogen) atoms. The fourth-order valence-electron chi connectivity index (χ4n) is 2.19. The topological polar surface area (TPSA) is 71.3 Å². The molecule has 0 saturated carbocycles. The zero-order valence-electron chi connectivity index (χ0n) is 12.4. The number of hydrogen-bond acceptors (Lipinski definition) is 3. The Bertz CT molecular complexity index is 735. The third-order valence-corrected chi connectivity index (χ3v) is 4.99. The first-order valence-corrected chi connectivity index (χ1v) is 8.16. The predicted octanol–water partition coefficient (Wildman–Crippen LogP) is 1.65. The lowest BCUT2D eigenvalue weighted by atomic mass is 10.2. The summed E-state index contributed by atoms with van der Waals surface area (Å²) in [5, 5.41) is 10.1. The van der Waals surface area contributed by atoms with E-state index in [0.717, 1.165) is 5.56 Å². The van der Waals surface area contributed by atoms with Gasteiger partial charge in [-0.05, 0) is 43.2 Å². The maximum atomic E-state index is 12.3. The summed E-state index contributed by atoms with van der Waals surface area (Å²) in [6.07, 6.45) is 0.919. The molecule has 0 radical (unpaired) electrons. The van der Waals surface area contributed by atoms with Gasteiger partial charge >= 0.3 is 0 Å². The monoisotopic (exact) mass is 308 g/mol.